The first-order chi connectivity index (χ1) is 13.1. The number of carbonyl (C=O) groups is 3. The number of halogens is 1. The predicted octanol–water partition coefficient (Wildman–Crippen LogP) is 1.52. The van der Waals surface area contributed by atoms with Gasteiger partial charge in [-0.1, -0.05) is 29.8 Å². The number of amides is 3. The third kappa shape index (κ3) is 4.99. The van der Waals surface area contributed by atoms with Crippen LogP contribution in [0.15, 0.2) is 53.4 Å². The fourth-order valence-electron chi connectivity index (χ4n) is 2.14. The smallest absolute Gasteiger partial charge is 0.340 e. The molecule has 2 aromatic rings. The van der Waals surface area contributed by atoms with Gasteiger partial charge < -0.3 is 10.5 Å². The van der Waals surface area contributed by atoms with Gasteiger partial charge in [0.1, 0.15) is 0 Å². The predicted molar refractivity (Wildman–Crippen MR) is 101 cm³/mol. The maximum absolute atomic E-state index is 12.8. The second-order valence-electron chi connectivity index (χ2n) is 5.44. The summed E-state index contributed by atoms with van der Waals surface area (Å²) in [6.07, 6.45) is 0. The van der Waals surface area contributed by atoms with Crippen LogP contribution in [-0.2, 0) is 19.6 Å². The van der Waals surface area contributed by atoms with Crippen molar-refractivity contribution in [2.45, 2.75) is 4.90 Å². The van der Waals surface area contributed by atoms with E-state index in [1.165, 1.54) is 19.2 Å². The average Bonchev–Trinajstić information content (AvgIpc) is 2.65. The summed E-state index contributed by atoms with van der Waals surface area (Å²) in [5.41, 5.74) is 4.94. The van der Waals surface area contributed by atoms with Crippen LogP contribution in [-0.4, -0.2) is 40.0 Å². The first kappa shape index (κ1) is 21.2. The Morgan fingerprint density at radius 3 is 2.39 bits per heavy atom. The standard InChI is InChI=1S/C17H16ClN3O6S/c1-21(11-5-3-2-4-6-11)28(25,26)12-7-8-14(18)13(9-12)16(23)27-10-15(22)20-17(19)24/h2-9H,10H2,1H3,(H3,19,20,22,24). The Kier molecular flexibility index (Phi) is 6.60. The molecule has 0 aliphatic heterocycles. The second-order valence-corrected chi connectivity index (χ2v) is 7.81. The minimum atomic E-state index is -3.99. The summed E-state index contributed by atoms with van der Waals surface area (Å²) in [4.78, 5) is 33.9. The number of nitrogens with one attached hydrogen (secondary N) is 1. The zero-order chi connectivity index (χ0) is 20.9. The molecule has 0 aromatic heterocycles. The van der Waals surface area contributed by atoms with E-state index in [0.29, 0.717) is 5.69 Å². The van der Waals surface area contributed by atoms with Crippen LogP contribution < -0.4 is 15.4 Å². The summed E-state index contributed by atoms with van der Waals surface area (Å²) in [6.45, 7) is -0.793. The number of sulfonamides is 1. The number of nitrogens with zero attached hydrogens (tertiary/aromatic N) is 1. The molecule has 0 aliphatic carbocycles. The van der Waals surface area contributed by atoms with Crippen molar-refractivity contribution >= 4 is 45.2 Å². The summed E-state index contributed by atoms with van der Waals surface area (Å²) in [5.74, 6) is -1.98. The Bertz CT molecular complexity index is 1010. The summed E-state index contributed by atoms with van der Waals surface area (Å²) in [5, 5.41) is 1.65. The van der Waals surface area contributed by atoms with Crippen LogP contribution in [0, 0.1) is 0 Å². The lowest BCUT2D eigenvalue weighted by Gasteiger charge is -2.20. The molecule has 148 valence electrons. The monoisotopic (exact) mass is 425 g/mol. The molecule has 0 fully saturated rings. The van der Waals surface area contributed by atoms with E-state index in [4.69, 9.17) is 22.1 Å². The van der Waals surface area contributed by atoms with Gasteiger partial charge >= 0.3 is 12.0 Å². The summed E-state index contributed by atoms with van der Waals surface area (Å²) < 4.78 is 31.4. The molecule has 0 saturated heterocycles. The summed E-state index contributed by atoms with van der Waals surface area (Å²) in [7, 11) is -2.62. The average molecular weight is 426 g/mol. The highest BCUT2D eigenvalue weighted by molar-refractivity contribution is 7.92. The van der Waals surface area contributed by atoms with Crippen LogP contribution in [0.1, 0.15) is 10.4 Å². The third-order valence-electron chi connectivity index (χ3n) is 3.53. The Morgan fingerprint density at radius 1 is 1.14 bits per heavy atom. The van der Waals surface area contributed by atoms with E-state index in [1.54, 1.807) is 35.6 Å². The Labute approximate surface area is 166 Å². The fraction of sp³-hybridized carbons (Fsp3) is 0.118. The van der Waals surface area contributed by atoms with Crippen LogP contribution >= 0.6 is 11.6 Å². The first-order valence-corrected chi connectivity index (χ1v) is 9.54. The second kappa shape index (κ2) is 8.72. The van der Waals surface area contributed by atoms with E-state index in [-0.39, 0.29) is 15.5 Å². The van der Waals surface area contributed by atoms with E-state index in [1.807, 2.05) is 0 Å². The quantitative estimate of drug-likeness (QED) is 0.673. The van der Waals surface area contributed by atoms with Gasteiger partial charge in [0, 0.05) is 7.05 Å². The van der Waals surface area contributed by atoms with Crippen LogP contribution in [0.25, 0.3) is 0 Å². The van der Waals surface area contributed by atoms with Crippen LogP contribution in [0.2, 0.25) is 5.02 Å². The number of primary amides is 1. The Hall–Kier alpha value is -3.11. The van der Waals surface area contributed by atoms with E-state index >= 15 is 0 Å². The lowest BCUT2D eigenvalue weighted by Crippen LogP contribution is -2.37. The summed E-state index contributed by atoms with van der Waals surface area (Å²) >= 11 is 5.95. The fourth-order valence-corrected chi connectivity index (χ4v) is 3.56. The largest absolute Gasteiger partial charge is 0.452 e. The lowest BCUT2D eigenvalue weighted by molar-refractivity contribution is -0.123. The van der Waals surface area contributed by atoms with Gasteiger partial charge in [-0.25, -0.2) is 18.0 Å². The number of ether oxygens (including phenoxy) is 1. The van der Waals surface area contributed by atoms with Crippen molar-refractivity contribution in [3.63, 3.8) is 0 Å². The highest BCUT2D eigenvalue weighted by atomic mass is 35.5. The van der Waals surface area contributed by atoms with Gasteiger partial charge in [0.25, 0.3) is 15.9 Å². The Balaban J connectivity index is 2.26. The van der Waals surface area contributed by atoms with E-state index in [9.17, 15) is 22.8 Å². The molecule has 9 nitrogen and oxygen atoms in total. The number of anilines is 1. The van der Waals surface area contributed by atoms with Gasteiger partial charge in [-0.3, -0.25) is 14.4 Å². The molecule has 0 bridgehead atoms. The third-order valence-corrected chi connectivity index (χ3v) is 5.64. The molecule has 2 rings (SSSR count). The van der Waals surface area contributed by atoms with Crippen LogP contribution in [0.5, 0.6) is 0 Å². The number of urea groups is 1. The van der Waals surface area contributed by atoms with Crippen LogP contribution in [0.4, 0.5) is 10.5 Å². The first-order valence-electron chi connectivity index (χ1n) is 7.73. The van der Waals surface area contributed by atoms with Gasteiger partial charge in [-0.15, -0.1) is 0 Å². The number of esters is 1. The molecule has 3 N–H and O–H groups in total. The van der Waals surface area contributed by atoms with E-state index < -0.39 is 34.5 Å². The molecule has 3 amide bonds. The highest BCUT2D eigenvalue weighted by Gasteiger charge is 2.24. The molecule has 0 spiro atoms. The number of hydrogen-bond donors (Lipinski definition) is 2. The molecule has 0 atom stereocenters. The van der Waals surface area contributed by atoms with E-state index in [0.717, 1.165) is 10.4 Å². The number of rotatable bonds is 6. The Morgan fingerprint density at radius 2 is 1.79 bits per heavy atom. The van der Waals surface area contributed by atoms with Crippen molar-refractivity contribution in [1.82, 2.24) is 5.32 Å². The lowest BCUT2D eigenvalue weighted by atomic mass is 10.2. The number of carbonyl (C=O) groups excluding carboxylic acids is 3. The molecule has 0 radical (unpaired) electrons. The number of nitrogens with two attached hydrogens (primary N) is 1. The zero-order valence-electron chi connectivity index (χ0n) is 14.6. The normalized spacial score (nSPS) is 10.8. The molecular formula is C17H16ClN3O6S. The topological polar surface area (TPSA) is 136 Å². The molecular weight excluding hydrogens is 410 g/mol. The zero-order valence-corrected chi connectivity index (χ0v) is 16.2. The summed E-state index contributed by atoms with van der Waals surface area (Å²) in [6, 6.07) is 10.8. The molecule has 2 aromatic carbocycles. The molecule has 28 heavy (non-hydrogen) atoms. The van der Waals surface area contributed by atoms with Gasteiger partial charge in [-0.2, -0.15) is 0 Å². The highest BCUT2D eigenvalue weighted by Crippen LogP contribution is 2.26. The number of imide groups is 1. The molecule has 0 unspecified atom stereocenters. The molecule has 0 saturated carbocycles. The van der Waals surface area contributed by atoms with Crippen molar-refractivity contribution in [2.75, 3.05) is 18.0 Å². The van der Waals surface area contributed by atoms with Crippen LogP contribution in [0.3, 0.4) is 0 Å². The SMILES string of the molecule is CN(c1ccccc1)S(=O)(=O)c1ccc(Cl)c(C(=O)OCC(=O)NC(N)=O)c1. The van der Waals surface area contributed by atoms with Crippen molar-refractivity contribution in [3.05, 3.63) is 59.1 Å². The van der Waals surface area contributed by atoms with Gasteiger partial charge in [-0.05, 0) is 30.3 Å². The number of para-hydroxylation sites is 1. The van der Waals surface area contributed by atoms with Crippen molar-refractivity contribution in [2.24, 2.45) is 5.73 Å². The maximum Gasteiger partial charge on any atom is 0.340 e. The van der Waals surface area contributed by atoms with Gasteiger partial charge in [0.2, 0.25) is 0 Å². The van der Waals surface area contributed by atoms with Crippen molar-refractivity contribution < 1.29 is 27.5 Å². The van der Waals surface area contributed by atoms with Gasteiger partial charge in [0.15, 0.2) is 6.61 Å². The van der Waals surface area contributed by atoms with Gasteiger partial charge in [0.05, 0.1) is 21.2 Å². The molecule has 11 heteroatoms. The van der Waals surface area contributed by atoms with Crippen molar-refractivity contribution in [3.8, 4) is 0 Å². The molecule has 0 heterocycles. The minimum absolute atomic E-state index is 0.0679. The van der Waals surface area contributed by atoms with E-state index in [2.05, 4.69) is 0 Å². The van der Waals surface area contributed by atoms with Crippen molar-refractivity contribution in [1.29, 1.82) is 0 Å². The number of benzene rings is 2. The maximum atomic E-state index is 12.8. The number of hydrogen-bond acceptors (Lipinski definition) is 6. The minimum Gasteiger partial charge on any atom is -0.452 e. The molecule has 0 aliphatic rings.